The summed E-state index contributed by atoms with van der Waals surface area (Å²) in [4.78, 5) is 17.5. The Bertz CT molecular complexity index is 1330. The summed E-state index contributed by atoms with van der Waals surface area (Å²) in [5, 5.41) is 4.06. The van der Waals surface area contributed by atoms with Crippen LogP contribution in [0.2, 0.25) is 0 Å². The molecular weight excluding hydrogens is 386 g/mol. The maximum atomic E-state index is 12.9. The maximum Gasteiger partial charge on any atom is 0.338 e. The molecule has 0 unspecified atom stereocenters. The van der Waals surface area contributed by atoms with Crippen molar-refractivity contribution in [3.63, 3.8) is 0 Å². The zero-order chi connectivity index (χ0) is 20.8. The van der Waals surface area contributed by atoms with Gasteiger partial charge in [-0.1, -0.05) is 0 Å². The largest absolute Gasteiger partial charge is 0.493 e. The summed E-state index contributed by atoms with van der Waals surface area (Å²) in [5.74, 6) is 2.04. The van der Waals surface area contributed by atoms with Gasteiger partial charge >= 0.3 is 5.97 Å². The fourth-order valence-electron chi connectivity index (χ4n) is 3.92. The van der Waals surface area contributed by atoms with E-state index in [1.807, 2.05) is 30.3 Å². The van der Waals surface area contributed by atoms with Crippen LogP contribution in [0.15, 0.2) is 36.5 Å². The molecule has 5 rings (SSSR count). The van der Waals surface area contributed by atoms with E-state index < -0.39 is 5.97 Å². The van der Waals surface area contributed by atoms with Crippen LogP contribution in [0.3, 0.4) is 0 Å². The maximum absolute atomic E-state index is 12.9. The molecule has 0 spiro atoms. The number of esters is 1. The van der Waals surface area contributed by atoms with Crippen LogP contribution < -0.4 is 18.9 Å². The lowest BCUT2D eigenvalue weighted by atomic mass is 9.95. The quantitative estimate of drug-likeness (QED) is 0.366. The Morgan fingerprint density at radius 3 is 2.43 bits per heavy atom. The minimum atomic E-state index is -0.399. The van der Waals surface area contributed by atoms with Gasteiger partial charge in [0.05, 0.1) is 31.9 Å². The Balaban J connectivity index is 1.94. The van der Waals surface area contributed by atoms with Gasteiger partial charge in [0, 0.05) is 28.4 Å². The van der Waals surface area contributed by atoms with Gasteiger partial charge in [0.25, 0.3) is 0 Å². The Morgan fingerprint density at radius 2 is 1.70 bits per heavy atom. The summed E-state index contributed by atoms with van der Waals surface area (Å²) < 4.78 is 27.3. The molecule has 0 saturated carbocycles. The van der Waals surface area contributed by atoms with Crippen molar-refractivity contribution in [3.05, 3.63) is 42.1 Å². The number of benzene rings is 3. The number of hydrogen-bond acceptors (Lipinski definition) is 7. The van der Waals surface area contributed by atoms with Crippen molar-refractivity contribution in [3.8, 4) is 23.0 Å². The minimum Gasteiger partial charge on any atom is -0.493 e. The second-order valence-corrected chi connectivity index (χ2v) is 6.84. The predicted molar refractivity (Wildman–Crippen MR) is 112 cm³/mol. The number of aromatic nitrogens is 1. The van der Waals surface area contributed by atoms with Crippen LogP contribution in [0.1, 0.15) is 17.3 Å². The number of carbonyl (C=O) groups excluding carboxylic acids is 1. The second-order valence-electron chi connectivity index (χ2n) is 6.84. The Labute approximate surface area is 172 Å². The van der Waals surface area contributed by atoms with Crippen LogP contribution in [-0.2, 0) is 4.74 Å². The first-order valence-electron chi connectivity index (χ1n) is 9.52. The van der Waals surface area contributed by atoms with E-state index in [9.17, 15) is 4.79 Å². The van der Waals surface area contributed by atoms with E-state index in [0.717, 1.165) is 26.9 Å². The highest BCUT2D eigenvalue weighted by Crippen LogP contribution is 2.42. The molecular formula is C23H19NO6. The third-order valence-electron chi connectivity index (χ3n) is 5.27. The number of pyridine rings is 1. The normalized spacial score (nSPS) is 12.5. The Kier molecular flexibility index (Phi) is 4.24. The van der Waals surface area contributed by atoms with E-state index in [4.69, 9.17) is 23.7 Å². The lowest BCUT2D eigenvalue weighted by molar-refractivity contribution is 0.0529. The van der Waals surface area contributed by atoms with E-state index in [0.29, 0.717) is 34.1 Å². The van der Waals surface area contributed by atoms with E-state index in [2.05, 4.69) is 4.98 Å². The third kappa shape index (κ3) is 2.66. The molecule has 0 bridgehead atoms. The van der Waals surface area contributed by atoms with Crippen molar-refractivity contribution in [2.45, 2.75) is 6.92 Å². The van der Waals surface area contributed by atoms with Gasteiger partial charge in [0.2, 0.25) is 6.79 Å². The molecule has 1 aromatic heterocycles. The molecule has 0 radical (unpaired) electrons. The Hall–Kier alpha value is -3.74. The van der Waals surface area contributed by atoms with Gasteiger partial charge in [-0.15, -0.1) is 0 Å². The first-order valence-corrected chi connectivity index (χ1v) is 9.52. The molecule has 1 aliphatic rings. The number of carbonyl (C=O) groups is 1. The van der Waals surface area contributed by atoms with Crippen LogP contribution >= 0.6 is 0 Å². The lowest BCUT2D eigenvalue weighted by Gasteiger charge is -2.15. The van der Waals surface area contributed by atoms with Crippen molar-refractivity contribution in [1.29, 1.82) is 0 Å². The van der Waals surface area contributed by atoms with Gasteiger partial charge < -0.3 is 23.7 Å². The predicted octanol–water partition coefficient (Wildman–Crippen LogP) is 4.46. The standard InChI is InChI=1S/C23H19NO6/c1-4-28-23(25)15-5-12-6-18(26-2)19(27-3)7-13(12)16-10-24-17-9-21-20(29-11-30-21)8-14(17)22(15)16/h5-10H,4,11H2,1-3H3. The van der Waals surface area contributed by atoms with Crippen LogP contribution in [-0.4, -0.2) is 38.6 Å². The van der Waals surface area contributed by atoms with Crippen molar-refractivity contribution in [1.82, 2.24) is 4.98 Å². The molecule has 30 heavy (non-hydrogen) atoms. The molecule has 1 aliphatic heterocycles. The lowest BCUT2D eigenvalue weighted by Crippen LogP contribution is -2.06. The third-order valence-corrected chi connectivity index (χ3v) is 5.27. The number of methoxy groups -OCH3 is 2. The summed E-state index contributed by atoms with van der Waals surface area (Å²) in [6, 6.07) is 9.25. The van der Waals surface area contributed by atoms with E-state index in [1.54, 1.807) is 27.3 Å². The highest BCUT2D eigenvalue weighted by atomic mass is 16.7. The first kappa shape index (κ1) is 18.3. The SMILES string of the molecule is CCOC(=O)c1cc2cc(OC)c(OC)cc2c2cnc3cc4c(cc3c12)OCO4. The molecule has 0 N–H and O–H groups in total. The molecule has 0 saturated heterocycles. The van der Waals surface area contributed by atoms with Gasteiger partial charge in [-0.3, -0.25) is 4.98 Å². The summed E-state index contributed by atoms with van der Waals surface area (Å²) in [5.41, 5.74) is 1.16. The average molecular weight is 405 g/mol. The molecule has 0 amide bonds. The summed E-state index contributed by atoms with van der Waals surface area (Å²) in [7, 11) is 3.17. The highest BCUT2D eigenvalue weighted by Gasteiger charge is 2.22. The zero-order valence-electron chi connectivity index (χ0n) is 16.8. The van der Waals surface area contributed by atoms with Crippen molar-refractivity contribution < 1.29 is 28.5 Å². The molecule has 152 valence electrons. The molecule has 0 aliphatic carbocycles. The first-order chi connectivity index (χ1) is 14.6. The monoisotopic (exact) mass is 405 g/mol. The highest BCUT2D eigenvalue weighted by molar-refractivity contribution is 6.23. The fourth-order valence-corrected chi connectivity index (χ4v) is 3.92. The Morgan fingerprint density at radius 1 is 0.967 bits per heavy atom. The van der Waals surface area contributed by atoms with Gasteiger partial charge in [-0.2, -0.15) is 0 Å². The molecule has 0 fully saturated rings. The average Bonchev–Trinajstić information content (AvgIpc) is 3.23. The zero-order valence-corrected chi connectivity index (χ0v) is 16.8. The minimum absolute atomic E-state index is 0.161. The van der Waals surface area contributed by atoms with Crippen LogP contribution in [0, 0.1) is 0 Å². The van der Waals surface area contributed by atoms with Gasteiger partial charge in [-0.05, 0) is 42.0 Å². The molecule has 4 aromatic rings. The number of ether oxygens (including phenoxy) is 5. The number of fused-ring (bicyclic) bond motifs is 6. The molecule has 2 heterocycles. The van der Waals surface area contributed by atoms with Crippen molar-refractivity contribution in [2.75, 3.05) is 27.6 Å². The van der Waals surface area contributed by atoms with Crippen LogP contribution in [0.5, 0.6) is 23.0 Å². The van der Waals surface area contributed by atoms with E-state index >= 15 is 0 Å². The van der Waals surface area contributed by atoms with E-state index in [1.165, 1.54) is 0 Å². The summed E-state index contributed by atoms with van der Waals surface area (Å²) in [6.45, 7) is 2.22. The van der Waals surface area contributed by atoms with Crippen LogP contribution in [0.25, 0.3) is 32.4 Å². The van der Waals surface area contributed by atoms with Crippen molar-refractivity contribution >= 4 is 38.4 Å². The number of hydrogen-bond donors (Lipinski definition) is 0. The number of nitrogens with zero attached hydrogens (tertiary/aromatic N) is 1. The smallest absolute Gasteiger partial charge is 0.338 e. The van der Waals surface area contributed by atoms with Gasteiger partial charge in [0.1, 0.15) is 0 Å². The van der Waals surface area contributed by atoms with Crippen molar-refractivity contribution in [2.24, 2.45) is 0 Å². The summed E-state index contributed by atoms with van der Waals surface area (Å²) in [6.07, 6.45) is 1.76. The summed E-state index contributed by atoms with van der Waals surface area (Å²) >= 11 is 0. The topological polar surface area (TPSA) is 76.1 Å². The van der Waals surface area contributed by atoms with E-state index in [-0.39, 0.29) is 13.4 Å². The van der Waals surface area contributed by atoms with Gasteiger partial charge in [0.15, 0.2) is 23.0 Å². The van der Waals surface area contributed by atoms with Gasteiger partial charge in [-0.25, -0.2) is 4.79 Å². The molecule has 3 aromatic carbocycles. The molecule has 0 atom stereocenters. The van der Waals surface area contributed by atoms with Crippen LogP contribution in [0.4, 0.5) is 0 Å². The fraction of sp³-hybridized carbons (Fsp3) is 0.217. The molecule has 7 nitrogen and oxygen atoms in total. The molecule has 7 heteroatoms. The second kappa shape index (κ2) is 6.95. The number of rotatable bonds is 4.